The summed E-state index contributed by atoms with van der Waals surface area (Å²) in [6.07, 6.45) is 3.63. The van der Waals surface area contributed by atoms with Gasteiger partial charge in [0.05, 0.1) is 5.69 Å². The predicted molar refractivity (Wildman–Crippen MR) is 79.0 cm³/mol. The van der Waals surface area contributed by atoms with Gasteiger partial charge in [0.15, 0.2) is 0 Å². The molecule has 0 fully saturated rings. The van der Waals surface area contributed by atoms with Crippen LogP contribution in [0.1, 0.15) is 19.0 Å². The summed E-state index contributed by atoms with van der Waals surface area (Å²) in [7, 11) is 1.90. The molecule has 8 heteroatoms. The van der Waals surface area contributed by atoms with E-state index in [0.29, 0.717) is 6.54 Å². The van der Waals surface area contributed by atoms with E-state index < -0.39 is 0 Å². The maximum atomic E-state index is 10.7. The van der Waals surface area contributed by atoms with Crippen LogP contribution in [0.5, 0.6) is 0 Å². The molecule has 0 aliphatic heterocycles. The van der Waals surface area contributed by atoms with E-state index in [0.717, 1.165) is 31.6 Å². The first kappa shape index (κ1) is 17.3. The van der Waals surface area contributed by atoms with Crippen LogP contribution in [0.15, 0.2) is 6.20 Å². The fourth-order valence-electron chi connectivity index (χ4n) is 1.34. The Morgan fingerprint density at radius 1 is 1.61 bits per heavy atom. The van der Waals surface area contributed by atoms with Crippen molar-refractivity contribution in [3.8, 4) is 0 Å². The van der Waals surface area contributed by atoms with E-state index in [9.17, 15) is 4.79 Å². The van der Waals surface area contributed by atoms with Crippen LogP contribution in [0, 0.1) is 0 Å². The Morgan fingerprint density at radius 3 is 2.94 bits per heavy atom. The Balaban J connectivity index is 0.00000289. The second-order valence-corrected chi connectivity index (χ2v) is 4.62. The smallest absolute Gasteiger partial charge is 0.216 e. The second-order valence-electron chi connectivity index (χ2n) is 3.94. The zero-order valence-electron chi connectivity index (χ0n) is 10.8. The van der Waals surface area contributed by atoms with Crippen molar-refractivity contribution in [1.29, 1.82) is 0 Å². The number of hydrogen-bond donors (Lipinski definition) is 2. The lowest BCUT2D eigenvalue weighted by Gasteiger charge is -2.04. The minimum atomic E-state index is 0. The van der Waals surface area contributed by atoms with E-state index in [1.54, 1.807) is 4.68 Å². The van der Waals surface area contributed by atoms with Crippen molar-refractivity contribution in [2.45, 2.75) is 26.3 Å². The Labute approximate surface area is 120 Å². The molecule has 18 heavy (non-hydrogen) atoms. The lowest BCUT2D eigenvalue weighted by Crippen LogP contribution is -2.22. The normalized spacial score (nSPS) is 10.2. The van der Waals surface area contributed by atoms with Crippen LogP contribution in [0.2, 0.25) is 0 Å². The van der Waals surface area contributed by atoms with Crippen molar-refractivity contribution >= 4 is 32.2 Å². The molecule has 6 nitrogen and oxygen atoms in total. The van der Waals surface area contributed by atoms with Crippen molar-refractivity contribution in [3.05, 3.63) is 11.9 Å². The number of nitrogens with zero attached hydrogens (tertiary/aromatic N) is 4. The van der Waals surface area contributed by atoms with Gasteiger partial charge in [0.1, 0.15) is 0 Å². The van der Waals surface area contributed by atoms with Gasteiger partial charge in [-0.15, -0.1) is 5.10 Å². The van der Waals surface area contributed by atoms with Crippen LogP contribution < -0.4 is 5.32 Å². The molecule has 0 saturated heterocycles. The minimum Gasteiger partial charge on any atom is -0.356 e. The highest BCUT2D eigenvalue weighted by molar-refractivity contribution is 7.77. The van der Waals surface area contributed by atoms with Crippen molar-refractivity contribution in [3.63, 3.8) is 0 Å². The summed E-state index contributed by atoms with van der Waals surface area (Å²) in [5.41, 5.74) is 0.963. The molecule has 1 amide bonds. The molecule has 104 valence electrons. The molecule has 0 atom stereocenters. The number of aromatic nitrogens is 3. The van der Waals surface area contributed by atoms with Crippen LogP contribution in [0.4, 0.5) is 0 Å². The molecule has 1 aromatic rings. The highest BCUT2D eigenvalue weighted by Crippen LogP contribution is 1.98. The molecule has 1 N–H and O–H groups in total. The molecule has 0 spiro atoms. The molecule has 0 saturated carbocycles. The number of likely N-dealkylation sites (N-methyl/N-ethyl adjacent to an activating group) is 1. The highest BCUT2D eigenvalue weighted by Gasteiger charge is 2.01. The maximum Gasteiger partial charge on any atom is 0.216 e. The first-order chi connectivity index (χ1) is 8.08. The lowest BCUT2D eigenvalue weighted by molar-refractivity contribution is -0.118. The Bertz CT molecular complexity index is 356. The quantitative estimate of drug-likeness (QED) is 0.558. The van der Waals surface area contributed by atoms with Crippen LogP contribution in [-0.2, 0) is 17.8 Å². The van der Waals surface area contributed by atoms with E-state index in [-0.39, 0.29) is 19.4 Å². The molecule has 1 rings (SSSR count). The van der Waals surface area contributed by atoms with Gasteiger partial charge < -0.3 is 5.32 Å². The second kappa shape index (κ2) is 9.23. The lowest BCUT2D eigenvalue weighted by atomic mass is 10.3. The summed E-state index contributed by atoms with van der Waals surface area (Å²) in [5.74, 6) is 0.00101. The van der Waals surface area contributed by atoms with E-state index in [1.807, 2.05) is 17.5 Å². The standard InChI is InChI=1S/C10H19N5OS.H2S/c1-9(16)11-5-3-6-15-8-10(12-13-15)4-7-14(2)17;/h8,17H,3-7H2,1-2H3,(H,11,16);1H2. The van der Waals surface area contributed by atoms with Gasteiger partial charge in [0.2, 0.25) is 5.91 Å². The summed E-state index contributed by atoms with van der Waals surface area (Å²) >= 11 is 4.16. The number of carbonyl (C=O) groups is 1. The van der Waals surface area contributed by atoms with E-state index in [2.05, 4.69) is 28.4 Å². The molecule has 0 bridgehead atoms. The van der Waals surface area contributed by atoms with Crippen LogP contribution in [-0.4, -0.2) is 45.3 Å². The van der Waals surface area contributed by atoms with Crippen LogP contribution >= 0.6 is 26.3 Å². The fourth-order valence-corrected chi connectivity index (χ4v) is 1.44. The number of nitrogens with one attached hydrogen (secondary N) is 1. The molecule has 0 aromatic carbocycles. The summed E-state index contributed by atoms with van der Waals surface area (Å²) < 4.78 is 3.62. The van der Waals surface area contributed by atoms with Crippen LogP contribution in [0.25, 0.3) is 0 Å². The summed E-state index contributed by atoms with van der Waals surface area (Å²) in [5, 5.41) is 10.8. The number of hydrogen-bond acceptors (Lipinski definition) is 5. The van der Waals surface area contributed by atoms with Gasteiger partial charge in [-0.25, -0.2) is 0 Å². The summed E-state index contributed by atoms with van der Waals surface area (Å²) in [6, 6.07) is 0. The SMILES string of the molecule is CC(=O)NCCCn1cc(CCN(C)S)nn1.S. The van der Waals surface area contributed by atoms with E-state index in [1.165, 1.54) is 6.92 Å². The van der Waals surface area contributed by atoms with Gasteiger partial charge in [-0.1, -0.05) is 18.0 Å². The van der Waals surface area contributed by atoms with Crippen molar-refractivity contribution in [1.82, 2.24) is 24.6 Å². The van der Waals surface area contributed by atoms with Gasteiger partial charge in [-0.2, -0.15) is 13.5 Å². The van der Waals surface area contributed by atoms with Gasteiger partial charge in [0.25, 0.3) is 0 Å². The maximum absolute atomic E-state index is 10.7. The molecular formula is C10H21N5OS2. The fraction of sp³-hybridized carbons (Fsp3) is 0.700. The van der Waals surface area contributed by atoms with Crippen molar-refractivity contribution < 1.29 is 4.79 Å². The molecular weight excluding hydrogens is 270 g/mol. The Kier molecular flexibility index (Phi) is 8.86. The number of carbonyl (C=O) groups excluding carboxylic acids is 1. The third kappa shape index (κ3) is 7.57. The van der Waals surface area contributed by atoms with E-state index >= 15 is 0 Å². The first-order valence-electron chi connectivity index (χ1n) is 5.61. The number of thiol groups is 1. The Hall–Kier alpha value is -0.730. The zero-order valence-corrected chi connectivity index (χ0v) is 12.7. The van der Waals surface area contributed by atoms with Crippen molar-refractivity contribution in [2.24, 2.45) is 0 Å². The highest BCUT2D eigenvalue weighted by atomic mass is 32.1. The largest absolute Gasteiger partial charge is 0.356 e. The van der Waals surface area contributed by atoms with Gasteiger partial charge >= 0.3 is 0 Å². The average Bonchev–Trinajstić information content (AvgIpc) is 2.69. The number of aryl methyl sites for hydroxylation is 1. The zero-order chi connectivity index (χ0) is 12.7. The topological polar surface area (TPSA) is 63.1 Å². The Morgan fingerprint density at radius 2 is 2.33 bits per heavy atom. The third-order valence-corrected chi connectivity index (χ3v) is 2.42. The number of rotatable bonds is 7. The van der Waals surface area contributed by atoms with Gasteiger partial charge in [-0.05, 0) is 13.5 Å². The van der Waals surface area contributed by atoms with Gasteiger partial charge in [0, 0.05) is 39.2 Å². The average molecular weight is 291 g/mol. The minimum absolute atomic E-state index is 0. The summed E-state index contributed by atoms with van der Waals surface area (Å²) in [6.45, 7) is 3.79. The number of amides is 1. The van der Waals surface area contributed by atoms with Crippen molar-refractivity contribution in [2.75, 3.05) is 20.1 Å². The molecule has 0 aliphatic rings. The monoisotopic (exact) mass is 291 g/mol. The molecule has 1 aromatic heterocycles. The summed E-state index contributed by atoms with van der Waals surface area (Å²) in [4.78, 5) is 10.7. The van der Waals surface area contributed by atoms with Gasteiger partial charge in [-0.3, -0.25) is 13.8 Å². The van der Waals surface area contributed by atoms with Crippen LogP contribution in [0.3, 0.4) is 0 Å². The van der Waals surface area contributed by atoms with E-state index in [4.69, 9.17) is 0 Å². The first-order valence-corrected chi connectivity index (χ1v) is 6.01. The molecule has 0 unspecified atom stereocenters. The molecule has 0 radical (unpaired) electrons. The predicted octanol–water partition coefficient (Wildman–Crippen LogP) is 0.236. The molecule has 0 aliphatic carbocycles. The molecule has 1 heterocycles. The third-order valence-electron chi connectivity index (χ3n) is 2.22.